The Kier molecular flexibility index (Phi) is 4.07. The van der Waals surface area contributed by atoms with E-state index in [4.69, 9.17) is 5.73 Å². The largest absolute Gasteiger partial charge is 0.368 e. The van der Waals surface area contributed by atoms with Crippen molar-refractivity contribution in [2.45, 2.75) is 44.6 Å². The monoisotopic (exact) mass is 343 g/mol. The van der Waals surface area contributed by atoms with Crippen molar-refractivity contribution in [3.63, 3.8) is 0 Å². The van der Waals surface area contributed by atoms with Gasteiger partial charge in [0.25, 0.3) is 0 Å². The first-order valence-electron chi connectivity index (χ1n) is 9.08. The minimum absolute atomic E-state index is 0.174. The smallest absolute Gasteiger partial charge is 0.238 e. The number of nitrogens with zero attached hydrogens (tertiary/aromatic N) is 6. The van der Waals surface area contributed by atoms with Crippen LogP contribution in [0.2, 0.25) is 0 Å². The lowest BCUT2D eigenvalue weighted by molar-refractivity contribution is -0.132. The van der Waals surface area contributed by atoms with Gasteiger partial charge in [-0.25, -0.2) is 0 Å². The second kappa shape index (κ2) is 6.25. The number of primary amides is 1. The molecule has 2 aliphatic rings. The summed E-state index contributed by atoms with van der Waals surface area (Å²) in [7, 11) is 0. The van der Waals surface area contributed by atoms with Crippen LogP contribution in [0.1, 0.15) is 37.8 Å². The minimum Gasteiger partial charge on any atom is -0.368 e. The van der Waals surface area contributed by atoms with E-state index in [9.17, 15) is 4.79 Å². The van der Waals surface area contributed by atoms with Crippen LogP contribution in [-0.4, -0.2) is 62.3 Å². The van der Waals surface area contributed by atoms with Gasteiger partial charge >= 0.3 is 0 Å². The fourth-order valence-corrected chi connectivity index (χ4v) is 4.32. The zero-order chi connectivity index (χ0) is 17.4. The van der Waals surface area contributed by atoms with Gasteiger partial charge in [-0.3, -0.25) is 9.69 Å². The Hall–Kier alpha value is -2.22. The second-order valence-electron chi connectivity index (χ2n) is 7.20. The molecule has 4 heterocycles. The van der Waals surface area contributed by atoms with Crippen LogP contribution in [0.15, 0.2) is 12.4 Å². The molecule has 1 amide bonds. The zero-order valence-corrected chi connectivity index (χ0v) is 14.7. The maximum Gasteiger partial charge on any atom is 0.238 e. The number of carbonyl (C=O) groups excluding carboxylic acids is 1. The van der Waals surface area contributed by atoms with Gasteiger partial charge in [0.05, 0.1) is 11.4 Å². The Bertz CT molecular complexity index is 772. The summed E-state index contributed by atoms with van der Waals surface area (Å²) in [5, 5.41) is 12.6. The van der Waals surface area contributed by atoms with E-state index >= 15 is 0 Å². The number of likely N-dealkylation sites (tertiary alicyclic amines) is 1. The summed E-state index contributed by atoms with van der Waals surface area (Å²) in [5.41, 5.74) is 8.09. The number of aryl methyl sites for hydroxylation is 1. The summed E-state index contributed by atoms with van der Waals surface area (Å²) in [5.74, 6) is -0.174. The summed E-state index contributed by atoms with van der Waals surface area (Å²) >= 11 is 0. The van der Waals surface area contributed by atoms with E-state index in [0.29, 0.717) is 0 Å². The highest BCUT2D eigenvalue weighted by Gasteiger charge is 2.45. The average molecular weight is 343 g/mol. The number of amides is 1. The Labute approximate surface area is 147 Å². The molecule has 2 aromatic rings. The number of hydrogen-bond acceptors (Lipinski definition) is 6. The second-order valence-corrected chi connectivity index (χ2v) is 7.20. The zero-order valence-electron chi connectivity index (χ0n) is 14.7. The number of carbonyl (C=O) groups is 1. The quantitative estimate of drug-likeness (QED) is 0.884. The Morgan fingerprint density at radius 2 is 1.88 bits per heavy atom. The van der Waals surface area contributed by atoms with Crippen molar-refractivity contribution < 1.29 is 4.79 Å². The van der Waals surface area contributed by atoms with Gasteiger partial charge in [0.1, 0.15) is 11.9 Å². The van der Waals surface area contributed by atoms with Gasteiger partial charge in [0, 0.05) is 13.1 Å². The number of fused-ring (bicyclic) bond motifs is 1. The van der Waals surface area contributed by atoms with Crippen molar-refractivity contribution >= 4 is 17.2 Å². The molecular weight excluding hydrogens is 318 g/mol. The van der Waals surface area contributed by atoms with E-state index in [0.717, 1.165) is 68.9 Å². The summed E-state index contributed by atoms with van der Waals surface area (Å²) in [4.78, 5) is 17.0. The van der Waals surface area contributed by atoms with Gasteiger partial charge in [0.2, 0.25) is 11.6 Å². The molecule has 2 aliphatic heterocycles. The van der Waals surface area contributed by atoms with E-state index < -0.39 is 5.54 Å². The summed E-state index contributed by atoms with van der Waals surface area (Å²) < 4.78 is 1.71. The lowest BCUT2D eigenvalue weighted by atomic mass is 9.83. The Morgan fingerprint density at radius 1 is 1.16 bits per heavy atom. The number of aromatic nitrogens is 4. The normalized spacial score (nSPS) is 21.6. The first-order chi connectivity index (χ1) is 12.1. The Morgan fingerprint density at radius 3 is 2.56 bits per heavy atom. The maximum atomic E-state index is 12.4. The number of piperidine rings is 2. The number of anilines is 1. The summed E-state index contributed by atoms with van der Waals surface area (Å²) in [6.07, 6.45) is 6.69. The van der Waals surface area contributed by atoms with Crippen LogP contribution < -0.4 is 10.6 Å². The first-order valence-corrected chi connectivity index (χ1v) is 9.08. The summed E-state index contributed by atoms with van der Waals surface area (Å²) in [6, 6.07) is 2.04. The first kappa shape index (κ1) is 16.3. The molecule has 8 nitrogen and oxygen atoms in total. The van der Waals surface area contributed by atoms with Crippen LogP contribution in [0.3, 0.4) is 0 Å². The molecule has 0 saturated carbocycles. The van der Waals surface area contributed by atoms with Crippen molar-refractivity contribution in [2.75, 3.05) is 31.1 Å². The van der Waals surface area contributed by atoms with Gasteiger partial charge in [-0.2, -0.15) is 9.61 Å². The summed E-state index contributed by atoms with van der Waals surface area (Å²) in [6.45, 7) is 5.49. The van der Waals surface area contributed by atoms with E-state index in [1.54, 1.807) is 10.8 Å². The molecular formula is C17H25N7O. The van der Waals surface area contributed by atoms with Crippen molar-refractivity contribution in [1.29, 1.82) is 0 Å². The third-order valence-corrected chi connectivity index (χ3v) is 5.72. The van der Waals surface area contributed by atoms with Gasteiger partial charge < -0.3 is 10.6 Å². The van der Waals surface area contributed by atoms with E-state index in [1.165, 1.54) is 6.42 Å². The highest BCUT2D eigenvalue weighted by atomic mass is 16.1. The molecule has 0 radical (unpaired) electrons. The fourth-order valence-electron chi connectivity index (χ4n) is 4.32. The molecule has 2 aromatic heterocycles. The number of nitrogens with two attached hydrogens (primary N) is 1. The van der Waals surface area contributed by atoms with Crippen LogP contribution in [0.4, 0.5) is 5.69 Å². The highest BCUT2D eigenvalue weighted by Crippen LogP contribution is 2.34. The van der Waals surface area contributed by atoms with Gasteiger partial charge in [-0.1, -0.05) is 6.42 Å². The van der Waals surface area contributed by atoms with Crippen molar-refractivity contribution in [3.05, 3.63) is 18.1 Å². The molecule has 0 bridgehead atoms. The van der Waals surface area contributed by atoms with E-state index in [2.05, 4.69) is 25.1 Å². The molecule has 2 N–H and O–H groups in total. The minimum atomic E-state index is -0.497. The molecule has 0 atom stereocenters. The molecule has 0 aliphatic carbocycles. The molecule has 0 unspecified atom stereocenters. The van der Waals surface area contributed by atoms with Crippen LogP contribution in [0.5, 0.6) is 0 Å². The third kappa shape index (κ3) is 2.74. The molecule has 2 saturated heterocycles. The van der Waals surface area contributed by atoms with Crippen molar-refractivity contribution in [3.8, 4) is 0 Å². The van der Waals surface area contributed by atoms with E-state index in [-0.39, 0.29) is 5.91 Å². The van der Waals surface area contributed by atoms with Gasteiger partial charge in [-0.15, -0.1) is 10.2 Å². The molecule has 8 heteroatoms. The van der Waals surface area contributed by atoms with Gasteiger partial charge in [0.15, 0.2) is 0 Å². The molecule has 2 fully saturated rings. The third-order valence-electron chi connectivity index (χ3n) is 5.72. The fraction of sp³-hybridized carbons (Fsp3) is 0.647. The topological polar surface area (TPSA) is 92.6 Å². The molecule has 0 spiro atoms. The lowest BCUT2D eigenvalue weighted by Gasteiger charge is -2.48. The van der Waals surface area contributed by atoms with Crippen LogP contribution in [-0.2, 0) is 4.79 Å². The van der Waals surface area contributed by atoms with Crippen molar-refractivity contribution in [2.24, 2.45) is 5.73 Å². The maximum absolute atomic E-state index is 12.4. The van der Waals surface area contributed by atoms with Crippen LogP contribution >= 0.6 is 0 Å². The molecule has 134 valence electrons. The van der Waals surface area contributed by atoms with Crippen molar-refractivity contribution in [1.82, 2.24) is 24.7 Å². The molecule has 0 aromatic carbocycles. The highest BCUT2D eigenvalue weighted by molar-refractivity contribution is 5.85. The molecule has 4 rings (SSSR count). The van der Waals surface area contributed by atoms with Gasteiger partial charge in [-0.05, 0) is 51.8 Å². The number of hydrogen-bond donors (Lipinski definition) is 1. The van der Waals surface area contributed by atoms with Crippen LogP contribution in [0.25, 0.3) is 5.65 Å². The van der Waals surface area contributed by atoms with Crippen LogP contribution in [0, 0.1) is 6.92 Å². The Balaban J connectivity index is 1.59. The lowest BCUT2D eigenvalue weighted by Crippen LogP contribution is -2.63. The SMILES string of the molecule is Cc1cc(N2CCC(C(N)=O)(N3CCCCC3)CC2)c2nncn2n1. The predicted octanol–water partition coefficient (Wildman–Crippen LogP) is 0.743. The molecule has 25 heavy (non-hydrogen) atoms. The number of rotatable bonds is 3. The van der Waals surface area contributed by atoms with E-state index in [1.807, 2.05) is 13.0 Å². The predicted molar refractivity (Wildman–Crippen MR) is 94.3 cm³/mol. The standard InChI is InChI=1S/C17H25N7O/c1-13-11-14(15-20-19-12-24(15)21-13)22-9-5-17(6-10-22,16(18)25)23-7-3-2-4-8-23/h11-12H,2-10H2,1H3,(H2,18,25). The average Bonchev–Trinajstić information content (AvgIpc) is 3.10.